The van der Waals surface area contributed by atoms with E-state index in [4.69, 9.17) is 9.47 Å². The predicted molar refractivity (Wildman–Crippen MR) is 35.3 cm³/mol. The molecule has 3 nitrogen and oxygen atoms in total. The van der Waals surface area contributed by atoms with Gasteiger partial charge in [0.15, 0.2) is 5.60 Å². The van der Waals surface area contributed by atoms with Crippen molar-refractivity contribution >= 4 is 5.97 Å². The van der Waals surface area contributed by atoms with E-state index in [1.165, 1.54) is 13.2 Å². The molecule has 0 aromatic heterocycles. The lowest BCUT2D eigenvalue weighted by atomic mass is 10.1. The molecule has 56 valence electrons. The van der Waals surface area contributed by atoms with Crippen molar-refractivity contribution in [2.75, 3.05) is 7.11 Å². The number of methoxy groups -OCH3 is 1. The summed E-state index contributed by atoms with van der Waals surface area (Å²) < 4.78 is 9.81. The summed E-state index contributed by atoms with van der Waals surface area (Å²) in [6.07, 6.45) is 1.36. The van der Waals surface area contributed by atoms with Gasteiger partial charge in [0.1, 0.15) is 5.76 Å². The van der Waals surface area contributed by atoms with Gasteiger partial charge in [0.25, 0.3) is 0 Å². The lowest BCUT2D eigenvalue weighted by Gasteiger charge is -2.19. The molecule has 1 aliphatic rings. The molecule has 0 atom stereocenters. The largest absolute Gasteiger partial charge is 0.497 e. The SMILES string of the molecule is COC1=CC(=O)OC1(C)C. The maximum Gasteiger partial charge on any atom is 0.335 e. The van der Waals surface area contributed by atoms with E-state index in [1.807, 2.05) is 0 Å². The van der Waals surface area contributed by atoms with Crippen molar-refractivity contribution in [1.29, 1.82) is 0 Å². The van der Waals surface area contributed by atoms with E-state index in [0.717, 1.165) is 0 Å². The first-order valence-electron chi connectivity index (χ1n) is 3.05. The molecule has 0 spiro atoms. The van der Waals surface area contributed by atoms with Crippen LogP contribution in [0, 0.1) is 0 Å². The van der Waals surface area contributed by atoms with Crippen LogP contribution in [0.25, 0.3) is 0 Å². The van der Waals surface area contributed by atoms with Crippen molar-refractivity contribution in [2.45, 2.75) is 19.4 Å². The predicted octanol–water partition coefficient (Wildman–Crippen LogP) is 0.852. The minimum Gasteiger partial charge on any atom is -0.497 e. The Kier molecular flexibility index (Phi) is 1.43. The van der Waals surface area contributed by atoms with Crippen LogP contribution in [-0.2, 0) is 14.3 Å². The Morgan fingerprint density at radius 1 is 1.60 bits per heavy atom. The molecular weight excluding hydrogens is 132 g/mol. The molecule has 0 bridgehead atoms. The first-order chi connectivity index (χ1) is 4.56. The van der Waals surface area contributed by atoms with Crippen molar-refractivity contribution in [1.82, 2.24) is 0 Å². The Morgan fingerprint density at radius 3 is 2.40 bits per heavy atom. The van der Waals surface area contributed by atoms with Gasteiger partial charge in [-0.2, -0.15) is 0 Å². The number of esters is 1. The average molecular weight is 142 g/mol. The van der Waals surface area contributed by atoms with Crippen LogP contribution in [0.3, 0.4) is 0 Å². The molecule has 0 unspecified atom stereocenters. The summed E-state index contributed by atoms with van der Waals surface area (Å²) in [6, 6.07) is 0. The highest BCUT2D eigenvalue weighted by molar-refractivity contribution is 5.86. The molecule has 0 amide bonds. The molecule has 0 aromatic rings. The van der Waals surface area contributed by atoms with Crippen LogP contribution in [0.5, 0.6) is 0 Å². The zero-order chi connectivity index (χ0) is 7.78. The summed E-state index contributed by atoms with van der Waals surface area (Å²) in [7, 11) is 1.52. The van der Waals surface area contributed by atoms with Crippen LogP contribution >= 0.6 is 0 Å². The second kappa shape index (κ2) is 2.01. The van der Waals surface area contributed by atoms with E-state index in [9.17, 15) is 4.79 Å². The smallest absolute Gasteiger partial charge is 0.335 e. The Bertz CT molecular complexity index is 191. The standard InChI is InChI=1S/C7H10O3/c1-7(2)5(9-3)4-6(8)10-7/h4H,1-3H3. The van der Waals surface area contributed by atoms with E-state index < -0.39 is 5.60 Å². The van der Waals surface area contributed by atoms with E-state index >= 15 is 0 Å². The molecule has 1 heterocycles. The molecule has 1 rings (SSSR count). The number of hydrogen-bond acceptors (Lipinski definition) is 3. The summed E-state index contributed by atoms with van der Waals surface area (Å²) in [5, 5.41) is 0. The number of ether oxygens (including phenoxy) is 2. The summed E-state index contributed by atoms with van der Waals surface area (Å²) in [6.45, 7) is 3.57. The van der Waals surface area contributed by atoms with Crippen LogP contribution in [0.4, 0.5) is 0 Å². The van der Waals surface area contributed by atoms with Gasteiger partial charge in [-0.05, 0) is 13.8 Å². The van der Waals surface area contributed by atoms with Gasteiger partial charge in [0, 0.05) is 0 Å². The quantitative estimate of drug-likeness (QED) is 0.509. The highest BCUT2D eigenvalue weighted by atomic mass is 16.6. The zero-order valence-electron chi connectivity index (χ0n) is 6.30. The molecule has 0 N–H and O–H groups in total. The van der Waals surface area contributed by atoms with E-state index in [1.54, 1.807) is 13.8 Å². The maximum absolute atomic E-state index is 10.6. The minimum atomic E-state index is -0.578. The van der Waals surface area contributed by atoms with E-state index in [-0.39, 0.29) is 5.97 Å². The first kappa shape index (κ1) is 7.12. The molecule has 1 aliphatic heterocycles. The Balaban J connectivity index is 2.86. The molecular formula is C7H10O3. The van der Waals surface area contributed by atoms with Gasteiger partial charge < -0.3 is 9.47 Å². The molecule has 0 aromatic carbocycles. The van der Waals surface area contributed by atoms with Crippen molar-refractivity contribution < 1.29 is 14.3 Å². The van der Waals surface area contributed by atoms with Crippen LogP contribution in [-0.4, -0.2) is 18.7 Å². The zero-order valence-corrected chi connectivity index (χ0v) is 6.30. The fraction of sp³-hybridized carbons (Fsp3) is 0.571. The lowest BCUT2D eigenvalue weighted by Crippen LogP contribution is -2.23. The van der Waals surface area contributed by atoms with Crippen LogP contribution in [0.15, 0.2) is 11.8 Å². The maximum atomic E-state index is 10.6. The fourth-order valence-electron chi connectivity index (χ4n) is 0.917. The first-order valence-corrected chi connectivity index (χ1v) is 3.05. The summed E-state index contributed by atoms with van der Waals surface area (Å²) in [5.41, 5.74) is -0.578. The van der Waals surface area contributed by atoms with Gasteiger partial charge >= 0.3 is 5.97 Å². The molecule has 10 heavy (non-hydrogen) atoms. The van der Waals surface area contributed by atoms with Gasteiger partial charge in [-0.3, -0.25) is 0 Å². The van der Waals surface area contributed by atoms with Crippen LogP contribution < -0.4 is 0 Å². The van der Waals surface area contributed by atoms with Crippen LogP contribution in [0.2, 0.25) is 0 Å². The third kappa shape index (κ3) is 0.988. The van der Waals surface area contributed by atoms with Gasteiger partial charge in [0.2, 0.25) is 0 Å². The second-order valence-corrected chi connectivity index (χ2v) is 2.64. The van der Waals surface area contributed by atoms with E-state index in [2.05, 4.69) is 0 Å². The summed E-state index contributed by atoms with van der Waals surface area (Å²) >= 11 is 0. The number of carbonyl (C=O) groups is 1. The monoisotopic (exact) mass is 142 g/mol. The number of cyclic esters (lactones) is 1. The van der Waals surface area contributed by atoms with Gasteiger partial charge in [-0.15, -0.1) is 0 Å². The number of carbonyl (C=O) groups excluding carboxylic acids is 1. The highest BCUT2D eigenvalue weighted by Crippen LogP contribution is 2.26. The Hall–Kier alpha value is -0.990. The Morgan fingerprint density at radius 2 is 2.20 bits per heavy atom. The van der Waals surface area contributed by atoms with Crippen molar-refractivity contribution in [2.24, 2.45) is 0 Å². The minimum absolute atomic E-state index is 0.332. The van der Waals surface area contributed by atoms with Crippen LogP contribution in [0.1, 0.15) is 13.8 Å². The number of hydrogen-bond donors (Lipinski definition) is 0. The molecule has 0 aliphatic carbocycles. The van der Waals surface area contributed by atoms with Crippen molar-refractivity contribution in [3.63, 3.8) is 0 Å². The van der Waals surface area contributed by atoms with Gasteiger partial charge in [-0.25, -0.2) is 4.79 Å². The molecule has 0 saturated carbocycles. The molecule has 0 radical (unpaired) electrons. The third-order valence-corrected chi connectivity index (χ3v) is 1.42. The molecule has 0 saturated heterocycles. The van der Waals surface area contributed by atoms with Gasteiger partial charge in [0.05, 0.1) is 13.2 Å². The van der Waals surface area contributed by atoms with Crippen molar-refractivity contribution in [3.05, 3.63) is 11.8 Å². The summed E-state index contributed by atoms with van der Waals surface area (Å²) in [4.78, 5) is 10.6. The fourth-order valence-corrected chi connectivity index (χ4v) is 0.917. The Labute approximate surface area is 59.6 Å². The number of rotatable bonds is 1. The average Bonchev–Trinajstić information content (AvgIpc) is 2.04. The van der Waals surface area contributed by atoms with Gasteiger partial charge in [-0.1, -0.05) is 0 Å². The normalized spacial score (nSPS) is 21.9. The molecule has 3 heteroatoms. The van der Waals surface area contributed by atoms with Crippen molar-refractivity contribution in [3.8, 4) is 0 Å². The van der Waals surface area contributed by atoms with E-state index in [0.29, 0.717) is 5.76 Å². The lowest BCUT2D eigenvalue weighted by molar-refractivity contribution is -0.144. The second-order valence-electron chi connectivity index (χ2n) is 2.64. The highest BCUT2D eigenvalue weighted by Gasteiger charge is 2.34. The third-order valence-electron chi connectivity index (χ3n) is 1.42. The molecule has 0 fully saturated rings. The topological polar surface area (TPSA) is 35.5 Å². The summed E-state index contributed by atoms with van der Waals surface area (Å²) in [5.74, 6) is 0.249.